The second kappa shape index (κ2) is 4.34. The summed E-state index contributed by atoms with van der Waals surface area (Å²) in [6, 6.07) is 0. The Morgan fingerprint density at radius 1 is 1.72 bits per heavy atom. The highest BCUT2D eigenvalue weighted by molar-refractivity contribution is 5.89. The van der Waals surface area contributed by atoms with E-state index in [1.54, 1.807) is 25.0 Å². The molecule has 2 rings (SSSR count). The van der Waals surface area contributed by atoms with Crippen LogP contribution in [0.3, 0.4) is 0 Å². The topological polar surface area (TPSA) is 110 Å². The van der Waals surface area contributed by atoms with Crippen LogP contribution in [0.15, 0.2) is 18.1 Å². The lowest BCUT2D eigenvalue weighted by molar-refractivity contribution is 0.0695. The number of aromatic carboxylic acids is 1. The van der Waals surface area contributed by atoms with Crippen molar-refractivity contribution >= 4 is 5.97 Å². The summed E-state index contributed by atoms with van der Waals surface area (Å²) in [5.41, 5.74) is 7.56. The van der Waals surface area contributed by atoms with E-state index in [1.807, 2.05) is 0 Å². The third-order valence-electron chi connectivity index (χ3n) is 3.14. The van der Waals surface area contributed by atoms with Gasteiger partial charge in [-0.3, -0.25) is 4.68 Å². The maximum Gasteiger partial charge on any atom is 0.339 e. The van der Waals surface area contributed by atoms with Gasteiger partial charge in [0.05, 0.1) is 11.9 Å². The van der Waals surface area contributed by atoms with Gasteiger partial charge in [-0.15, -0.1) is 0 Å². The fourth-order valence-corrected chi connectivity index (χ4v) is 2.25. The summed E-state index contributed by atoms with van der Waals surface area (Å²) in [5, 5.41) is 14.5. The predicted octanol–water partition coefficient (Wildman–Crippen LogP) is -0.173. The number of nitrogens with zero attached hydrogens (tertiary/aromatic N) is 3. The van der Waals surface area contributed by atoms with E-state index in [4.69, 9.17) is 16.7 Å². The Balaban J connectivity index is 2.22. The minimum atomic E-state index is -0.956. The van der Waals surface area contributed by atoms with Crippen molar-refractivity contribution in [3.63, 3.8) is 0 Å². The molecule has 0 amide bonds. The summed E-state index contributed by atoms with van der Waals surface area (Å²) >= 11 is 0. The molecule has 5 N–H and O–H groups in total. The van der Waals surface area contributed by atoms with Crippen LogP contribution in [0.1, 0.15) is 28.4 Å². The maximum absolute atomic E-state index is 11.1. The van der Waals surface area contributed by atoms with Crippen LogP contribution in [0.2, 0.25) is 0 Å². The summed E-state index contributed by atoms with van der Waals surface area (Å²) in [6.07, 6.45) is 3.86. The maximum atomic E-state index is 11.1. The molecule has 7 heteroatoms. The van der Waals surface area contributed by atoms with Crippen molar-refractivity contribution < 1.29 is 9.90 Å². The van der Waals surface area contributed by atoms with Crippen molar-refractivity contribution in [1.82, 2.24) is 14.8 Å². The summed E-state index contributed by atoms with van der Waals surface area (Å²) < 4.78 is 1.60. The molecular weight excluding hydrogens is 234 g/mol. The molecule has 1 heterocycles. The van der Waals surface area contributed by atoms with Crippen molar-refractivity contribution in [2.24, 2.45) is 24.5 Å². The first-order valence-electron chi connectivity index (χ1n) is 5.61. The molecule has 98 valence electrons. The van der Waals surface area contributed by atoms with Gasteiger partial charge in [0.2, 0.25) is 0 Å². The van der Waals surface area contributed by atoms with Crippen LogP contribution in [-0.4, -0.2) is 32.9 Å². The normalized spacial score (nSPS) is 22.9. The Morgan fingerprint density at radius 2 is 2.39 bits per heavy atom. The van der Waals surface area contributed by atoms with E-state index in [9.17, 15) is 4.79 Å². The second-order valence-corrected chi connectivity index (χ2v) is 4.62. The zero-order valence-corrected chi connectivity index (χ0v) is 10.4. The zero-order valence-electron chi connectivity index (χ0n) is 10.4. The van der Waals surface area contributed by atoms with Crippen LogP contribution in [0.4, 0.5) is 0 Å². The van der Waals surface area contributed by atoms with E-state index >= 15 is 0 Å². The van der Waals surface area contributed by atoms with Crippen molar-refractivity contribution in [1.29, 1.82) is 0 Å². The molecule has 1 aliphatic carbocycles. The molecule has 0 aliphatic heterocycles. The standard InChI is InChI=1S/C11H17N5O2/c1-15(13)5-9(12)6-3-7(6)10-8(11(17)18)4-14-16(10)2/h4-7H,3,12-13H2,1-2H3,(H,17,18)/b9-5-/t6?,7-/m1/s1. The first-order valence-corrected chi connectivity index (χ1v) is 5.61. The Labute approximate surface area is 105 Å². The molecule has 1 fully saturated rings. The lowest BCUT2D eigenvalue weighted by Crippen LogP contribution is -2.21. The molecule has 1 unspecified atom stereocenters. The molecule has 0 spiro atoms. The van der Waals surface area contributed by atoms with E-state index in [1.165, 1.54) is 11.2 Å². The third kappa shape index (κ3) is 2.17. The van der Waals surface area contributed by atoms with Gasteiger partial charge in [-0.1, -0.05) is 0 Å². The fourth-order valence-electron chi connectivity index (χ4n) is 2.25. The van der Waals surface area contributed by atoms with Crippen LogP contribution in [0, 0.1) is 5.92 Å². The van der Waals surface area contributed by atoms with Gasteiger partial charge >= 0.3 is 5.97 Å². The number of allylic oxidation sites excluding steroid dienone is 1. The van der Waals surface area contributed by atoms with Crippen LogP contribution in [0.25, 0.3) is 0 Å². The molecule has 0 radical (unpaired) electrons. The smallest absolute Gasteiger partial charge is 0.339 e. The van der Waals surface area contributed by atoms with Crippen LogP contribution < -0.4 is 11.6 Å². The quantitative estimate of drug-likeness (QED) is 0.506. The summed E-state index contributed by atoms with van der Waals surface area (Å²) in [7, 11) is 3.43. The lowest BCUT2D eigenvalue weighted by Gasteiger charge is -2.08. The Kier molecular flexibility index (Phi) is 3.00. The molecule has 2 atom stereocenters. The lowest BCUT2D eigenvalue weighted by atomic mass is 10.1. The van der Waals surface area contributed by atoms with Crippen molar-refractivity contribution in [3.05, 3.63) is 29.4 Å². The number of aryl methyl sites for hydroxylation is 1. The number of carboxylic acid groups (broad SMARTS) is 1. The average molecular weight is 251 g/mol. The van der Waals surface area contributed by atoms with Gasteiger partial charge in [-0.2, -0.15) is 5.10 Å². The number of hydrogen-bond donors (Lipinski definition) is 3. The minimum Gasteiger partial charge on any atom is -0.478 e. The fraction of sp³-hybridized carbons (Fsp3) is 0.455. The van der Waals surface area contributed by atoms with Gasteiger partial charge in [0.15, 0.2) is 0 Å². The molecule has 1 saturated carbocycles. The number of rotatable bonds is 4. The highest BCUT2D eigenvalue weighted by Crippen LogP contribution is 2.51. The third-order valence-corrected chi connectivity index (χ3v) is 3.14. The van der Waals surface area contributed by atoms with E-state index in [0.29, 0.717) is 5.70 Å². The van der Waals surface area contributed by atoms with Crippen molar-refractivity contribution in [2.45, 2.75) is 12.3 Å². The number of carboxylic acids is 1. The monoisotopic (exact) mass is 251 g/mol. The van der Waals surface area contributed by atoms with Gasteiger partial charge in [0.25, 0.3) is 0 Å². The molecule has 0 aromatic carbocycles. The van der Waals surface area contributed by atoms with Crippen LogP contribution >= 0.6 is 0 Å². The second-order valence-electron chi connectivity index (χ2n) is 4.62. The number of aromatic nitrogens is 2. The number of hydrazine groups is 1. The molecule has 1 aromatic rings. The van der Waals surface area contributed by atoms with E-state index in [-0.39, 0.29) is 17.4 Å². The van der Waals surface area contributed by atoms with Gasteiger partial charge in [0.1, 0.15) is 5.56 Å². The Hall–Kier alpha value is -2.02. The van der Waals surface area contributed by atoms with E-state index in [0.717, 1.165) is 12.1 Å². The molecule has 1 aliphatic rings. The number of hydrogen-bond acceptors (Lipinski definition) is 5. The molecular formula is C11H17N5O2. The zero-order chi connectivity index (χ0) is 13.4. The summed E-state index contributed by atoms with van der Waals surface area (Å²) in [4.78, 5) is 11.1. The van der Waals surface area contributed by atoms with Crippen LogP contribution in [-0.2, 0) is 7.05 Å². The van der Waals surface area contributed by atoms with Gasteiger partial charge in [0, 0.05) is 37.8 Å². The Morgan fingerprint density at radius 3 is 2.94 bits per heavy atom. The van der Waals surface area contributed by atoms with Crippen LogP contribution in [0.5, 0.6) is 0 Å². The van der Waals surface area contributed by atoms with Gasteiger partial charge in [-0.25, -0.2) is 10.6 Å². The summed E-state index contributed by atoms with van der Waals surface area (Å²) in [6.45, 7) is 0. The first kappa shape index (κ1) is 12.4. The molecule has 18 heavy (non-hydrogen) atoms. The first-order chi connectivity index (χ1) is 8.41. The number of nitrogens with two attached hydrogens (primary N) is 2. The van der Waals surface area contributed by atoms with E-state index < -0.39 is 5.97 Å². The summed E-state index contributed by atoms with van der Waals surface area (Å²) in [5.74, 6) is 4.79. The molecule has 0 bridgehead atoms. The van der Waals surface area contributed by atoms with Crippen molar-refractivity contribution in [3.8, 4) is 0 Å². The largest absolute Gasteiger partial charge is 0.478 e. The predicted molar refractivity (Wildman–Crippen MR) is 65.2 cm³/mol. The molecule has 7 nitrogen and oxygen atoms in total. The highest BCUT2D eigenvalue weighted by Gasteiger charge is 2.44. The minimum absolute atomic E-state index is 0.111. The van der Waals surface area contributed by atoms with Gasteiger partial charge < -0.3 is 15.8 Å². The van der Waals surface area contributed by atoms with E-state index in [2.05, 4.69) is 5.10 Å². The Bertz CT molecular complexity index is 506. The number of carbonyl (C=O) groups is 1. The van der Waals surface area contributed by atoms with Crippen molar-refractivity contribution in [2.75, 3.05) is 7.05 Å². The molecule has 1 aromatic heterocycles. The average Bonchev–Trinajstić information content (AvgIpc) is 2.94. The van der Waals surface area contributed by atoms with Gasteiger partial charge in [-0.05, 0) is 6.42 Å². The SMILES string of the molecule is CN(N)/C=C(\N)C1C[C@H]1c1c(C(=O)O)cnn1C. The molecule has 0 saturated heterocycles. The highest BCUT2D eigenvalue weighted by atomic mass is 16.4.